The second kappa shape index (κ2) is 4.19. The lowest BCUT2D eigenvalue weighted by Gasteiger charge is -2.44. The SMILES string of the molecule is CC(C)N1CC(C)(C)Nc2ccc(C(=O)O)cc21. The van der Waals surface area contributed by atoms with Gasteiger partial charge in [-0.3, -0.25) is 0 Å². The van der Waals surface area contributed by atoms with Crippen molar-refractivity contribution in [1.82, 2.24) is 0 Å². The zero-order chi connectivity index (χ0) is 13.5. The van der Waals surface area contributed by atoms with Gasteiger partial charge in [0.05, 0.1) is 16.9 Å². The molecular formula is C14H20N2O2. The molecule has 0 saturated carbocycles. The molecule has 0 saturated heterocycles. The minimum Gasteiger partial charge on any atom is -0.478 e. The second-order valence-corrected chi connectivity index (χ2v) is 5.77. The first-order valence-electron chi connectivity index (χ1n) is 6.22. The fourth-order valence-electron chi connectivity index (χ4n) is 2.38. The fourth-order valence-corrected chi connectivity index (χ4v) is 2.38. The third-order valence-electron chi connectivity index (χ3n) is 3.22. The highest BCUT2D eigenvalue weighted by molar-refractivity contribution is 5.91. The monoisotopic (exact) mass is 248 g/mol. The normalized spacial score (nSPS) is 17.3. The van der Waals surface area contributed by atoms with Crippen molar-refractivity contribution < 1.29 is 9.90 Å². The number of carbonyl (C=O) groups is 1. The zero-order valence-electron chi connectivity index (χ0n) is 11.3. The summed E-state index contributed by atoms with van der Waals surface area (Å²) >= 11 is 0. The van der Waals surface area contributed by atoms with Crippen molar-refractivity contribution in [2.75, 3.05) is 16.8 Å². The highest BCUT2D eigenvalue weighted by Gasteiger charge is 2.31. The third kappa shape index (κ3) is 2.28. The number of hydrogen-bond donors (Lipinski definition) is 2. The first-order chi connectivity index (χ1) is 8.30. The molecule has 4 heteroatoms. The Morgan fingerprint density at radius 3 is 2.67 bits per heavy atom. The number of hydrogen-bond acceptors (Lipinski definition) is 3. The molecule has 0 bridgehead atoms. The molecule has 98 valence electrons. The molecule has 0 amide bonds. The van der Waals surface area contributed by atoms with E-state index in [1.807, 2.05) is 6.07 Å². The Morgan fingerprint density at radius 2 is 2.11 bits per heavy atom. The topological polar surface area (TPSA) is 52.6 Å². The Bertz CT molecular complexity index is 481. The van der Waals surface area contributed by atoms with E-state index in [1.54, 1.807) is 12.1 Å². The maximum absolute atomic E-state index is 11.1. The Morgan fingerprint density at radius 1 is 1.44 bits per heavy atom. The minimum absolute atomic E-state index is 0.0119. The van der Waals surface area contributed by atoms with Crippen LogP contribution in [0.1, 0.15) is 38.1 Å². The summed E-state index contributed by atoms with van der Waals surface area (Å²) in [5.41, 5.74) is 2.30. The molecule has 18 heavy (non-hydrogen) atoms. The van der Waals surface area contributed by atoms with E-state index in [-0.39, 0.29) is 5.54 Å². The van der Waals surface area contributed by atoms with E-state index < -0.39 is 5.97 Å². The lowest BCUT2D eigenvalue weighted by molar-refractivity contribution is 0.0697. The van der Waals surface area contributed by atoms with E-state index in [0.717, 1.165) is 17.9 Å². The van der Waals surface area contributed by atoms with Crippen molar-refractivity contribution in [3.63, 3.8) is 0 Å². The third-order valence-corrected chi connectivity index (χ3v) is 3.22. The van der Waals surface area contributed by atoms with Gasteiger partial charge in [-0.15, -0.1) is 0 Å². The molecule has 0 atom stereocenters. The van der Waals surface area contributed by atoms with E-state index in [0.29, 0.717) is 11.6 Å². The molecule has 1 aliphatic rings. The Hall–Kier alpha value is -1.71. The number of benzene rings is 1. The molecule has 2 N–H and O–H groups in total. The number of rotatable bonds is 2. The van der Waals surface area contributed by atoms with Crippen LogP contribution in [0, 0.1) is 0 Å². The molecule has 1 aromatic carbocycles. The molecule has 2 rings (SSSR count). The molecule has 0 spiro atoms. The molecule has 1 aliphatic heterocycles. The van der Waals surface area contributed by atoms with Gasteiger partial charge in [-0.2, -0.15) is 0 Å². The van der Waals surface area contributed by atoms with Crippen LogP contribution >= 0.6 is 0 Å². The van der Waals surface area contributed by atoms with Crippen molar-refractivity contribution in [3.8, 4) is 0 Å². The predicted molar refractivity (Wildman–Crippen MR) is 73.6 cm³/mol. The van der Waals surface area contributed by atoms with Gasteiger partial charge >= 0.3 is 5.97 Å². The number of aromatic carboxylic acids is 1. The zero-order valence-corrected chi connectivity index (χ0v) is 11.3. The van der Waals surface area contributed by atoms with Gasteiger partial charge in [-0.25, -0.2) is 4.79 Å². The molecule has 0 aromatic heterocycles. The first-order valence-corrected chi connectivity index (χ1v) is 6.22. The van der Waals surface area contributed by atoms with Gasteiger partial charge in [0.15, 0.2) is 0 Å². The van der Waals surface area contributed by atoms with Gasteiger partial charge in [0.25, 0.3) is 0 Å². The van der Waals surface area contributed by atoms with Crippen LogP contribution in [0.15, 0.2) is 18.2 Å². The van der Waals surface area contributed by atoms with Crippen LogP contribution in [-0.4, -0.2) is 29.2 Å². The summed E-state index contributed by atoms with van der Waals surface area (Å²) in [5.74, 6) is -0.883. The summed E-state index contributed by atoms with van der Waals surface area (Å²) in [4.78, 5) is 13.3. The number of nitrogens with zero attached hydrogens (tertiary/aromatic N) is 1. The van der Waals surface area contributed by atoms with E-state index >= 15 is 0 Å². The molecule has 1 heterocycles. The first kappa shape index (κ1) is 12.7. The summed E-state index contributed by atoms with van der Waals surface area (Å²) in [6.45, 7) is 9.41. The minimum atomic E-state index is -0.883. The second-order valence-electron chi connectivity index (χ2n) is 5.77. The average Bonchev–Trinajstić information content (AvgIpc) is 2.25. The molecule has 0 fully saturated rings. The van der Waals surface area contributed by atoms with Crippen LogP contribution < -0.4 is 10.2 Å². The summed E-state index contributed by atoms with van der Waals surface area (Å²) in [7, 11) is 0. The van der Waals surface area contributed by atoms with Gasteiger partial charge in [-0.05, 0) is 45.9 Å². The van der Waals surface area contributed by atoms with E-state index in [9.17, 15) is 4.79 Å². The van der Waals surface area contributed by atoms with Crippen molar-refractivity contribution >= 4 is 17.3 Å². The highest BCUT2D eigenvalue weighted by Crippen LogP contribution is 2.36. The van der Waals surface area contributed by atoms with Crippen LogP contribution in [0.25, 0.3) is 0 Å². The van der Waals surface area contributed by atoms with E-state index in [2.05, 4.69) is 37.9 Å². The summed E-state index contributed by atoms with van der Waals surface area (Å²) in [5, 5.41) is 12.5. The van der Waals surface area contributed by atoms with Gasteiger partial charge in [0, 0.05) is 18.1 Å². The number of carboxylic acid groups (broad SMARTS) is 1. The summed E-state index contributed by atoms with van der Waals surface area (Å²) in [6.07, 6.45) is 0. The number of fused-ring (bicyclic) bond motifs is 1. The smallest absolute Gasteiger partial charge is 0.335 e. The molecule has 0 aliphatic carbocycles. The maximum Gasteiger partial charge on any atom is 0.335 e. The standard InChI is InChI=1S/C14H20N2O2/c1-9(2)16-8-14(3,4)15-11-6-5-10(13(17)18)7-12(11)16/h5-7,9,15H,8H2,1-4H3,(H,17,18). The van der Waals surface area contributed by atoms with Gasteiger partial charge in [0.1, 0.15) is 0 Å². The number of carboxylic acids is 1. The van der Waals surface area contributed by atoms with E-state index in [4.69, 9.17) is 5.11 Å². The quantitative estimate of drug-likeness (QED) is 0.845. The lowest BCUT2D eigenvalue weighted by atomic mass is 9.97. The van der Waals surface area contributed by atoms with Crippen molar-refractivity contribution in [2.45, 2.75) is 39.3 Å². The summed E-state index contributed by atoms with van der Waals surface area (Å²) < 4.78 is 0. The van der Waals surface area contributed by atoms with Crippen LogP contribution in [0.3, 0.4) is 0 Å². The number of anilines is 2. The molecule has 1 aromatic rings. The molecule has 4 nitrogen and oxygen atoms in total. The van der Waals surface area contributed by atoms with Crippen LogP contribution in [-0.2, 0) is 0 Å². The van der Waals surface area contributed by atoms with Crippen LogP contribution in [0.4, 0.5) is 11.4 Å². The van der Waals surface area contributed by atoms with Gasteiger partial charge in [0.2, 0.25) is 0 Å². The lowest BCUT2D eigenvalue weighted by Crippen LogP contribution is -2.50. The largest absolute Gasteiger partial charge is 0.478 e. The predicted octanol–water partition coefficient (Wildman–Crippen LogP) is 2.80. The Kier molecular flexibility index (Phi) is 2.97. The van der Waals surface area contributed by atoms with E-state index in [1.165, 1.54) is 0 Å². The Labute approximate surface area is 108 Å². The Balaban J connectivity index is 2.50. The van der Waals surface area contributed by atoms with Crippen LogP contribution in [0.2, 0.25) is 0 Å². The van der Waals surface area contributed by atoms with Crippen molar-refractivity contribution in [3.05, 3.63) is 23.8 Å². The molecule has 0 radical (unpaired) electrons. The van der Waals surface area contributed by atoms with Gasteiger partial charge < -0.3 is 15.3 Å². The van der Waals surface area contributed by atoms with Crippen LogP contribution in [0.5, 0.6) is 0 Å². The van der Waals surface area contributed by atoms with Crippen molar-refractivity contribution in [2.24, 2.45) is 0 Å². The molecular weight excluding hydrogens is 228 g/mol. The highest BCUT2D eigenvalue weighted by atomic mass is 16.4. The molecule has 0 unspecified atom stereocenters. The average molecular weight is 248 g/mol. The summed E-state index contributed by atoms with van der Waals surface area (Å²) in [6, 6.07) is 5.59. The van der Waals surface area contributed by atoms with Crippen molar-refractivity contribution in [1.29, 1.82) is 0 Å². The van der Waals surface area contributed by atoms with Gasteiger partial charge in [-0.1, -0.05) is 0 Å². The number of nitrogens with one attached hydrogen (secondary N) is 1. The maximum atomic E-state index is 11.1. The fraction of sp³-hybridized carbons (Fsp3) is 0.500.